The van der Waals surface area contributed by atoms with Crippen molar-refractivity contribution in [1.29, 1.82) is 0 Å². The third kappa shape index (κ3) is 1.23. The number of hydrogen-bond donors (Lipinski definition) is 0. The topological polar surface area (TPSA) is 3.24 Å². The van der Waals surface area contributed by atoms with Crippen LogP contribution in [0.5, 0.6) is 0 Å². The molecule has 0 bridgehead atoms. The molecule has 1 nitrogen and oxygen atoms in total. The predicted octanol–water partition coefficient (Wildman–Crippen LogP) is 1.44. The summed E-state index contributed by atoms with van der Waals surface area (Å²) in [7, 11) is 0. The normalized spacial score (nSPS) is 36.3. The maximum Gasteiger partial charge on any atom is 0.102 e. The van der Waals surface area contributed by atoms with E-state index in [9.17, 15) is 4.39 Å². The lowest BCUT2D eigenvalue weighted by Crippen LogP contribution is -2.53. The number of alkyl halides is 1. The van der Waals surface area contributed by atoms with E-state index in [0.29, 0.717) is 18.6 Å². The molecule has 0 saturated carbocycles. The van der Waals surface area contributed by atoms with Crippen LogP contribution in [0.4, 0.5) is 4.39 Å². The van der Waals surface area contributed by atoms with Crippen molar-refractivity contribution in [3.8, 4) is 0 Å². The molecule has 0 aromatic heterocycles. The zero-order chi connectivity index (χ0) is 6.85. The van der Waals surface area contributed by atoms with Gasteiger partial charge in [0.15, 0.2) is 0 Å². The smallest absolute Gasteiger partial charge is 0.102 e. The van der Waals surface area contributed by atoms with Crippen LogP contribution in [-0.2, 0) is 0 Å². The fourth-order valence-corrected chi connectivity index (χ4v) is 1.60. The van der Waals surface area contributed by atoms with Crippen LogP contribution in [-0.4, -0.2) is 30.2 Å². The first-order chi connectivity index (χ1) is 4.25. The molecule has 54 valence electrons. The quantitative estimate of drug-likeness (QED) is 0.548. The van der Waals surface area contributed by atoms with E-state index in [1.54, 1.807) is 0 Å². The van der Waals surface area contributed by atoms with Crippen molar-refractivity contribution in [1.82, 2.24) is 4.90 Å². The molecule has 0 aromatic carbocycles. The van der Waals surface area contributed by atoms with Gasteiger partial charge in [-0.2, -0.15) is 0 Å². The first-order valence-corrected chi connectivity index (χ1v) is 3.57. The molecule has 2 unspecified atom stereocenters. The Bertz CT molecular complexity index is 86.9. The van der Waals surface area contributed by atoms with Crippen LogP contribution in [0.15, 0.2) is 0 Å². The van der Waals surface area contributed by atoms with E-state index in [4.69, 9.17) is 0 Å². The lowest BCUT2D eigenvalue weighted by Gasteiger charge is -2.44. The number of hydrogen-bond acceptors (Lipinski definition) is 1. The van der Waals surface area contributed by atoms with Crippen molar-refractivity contribution in [2.24, 2.45) is 0 Å². The number of rotatable bonds is 2. The van der Waals surface area contributed by atoms with Crippen LogP contribution in [0.25, 0.3) is 0 Å². The van der Waals surface area contributed by atoms with Crippen molar-refractivity contribution in [2.45, 2.75) is 32.4 Å². The van der Waals surface area contributed by atoms with E-state index in [1.165, 1.54) is 6.42 Å². The molecule has 2 atom stereocenters. The van der Waals surface area contributed by atoms with E-state index in [-0.39, 0.29) is 6.67 Å². The zero-order valence-corrected chi connectivity index (χ0v) is 6.10. The molecular weight excluding hydrogens is 117 g/mol. The lowest BCUT2D eigenvalue weighted by molar-refractivity contribution is 0.0325. The monoisotopic (exact) mass is 131 g/mol. The molecule has 1 saturated heterocycles. The average molecular weight is 131 g/mol. The second-order valence-corrected chi connectivity index (χ2v) is 2.86. The molecule has 0 N–H and O–H groups in total. The van der Waals surface area contributed by atoms with Gasteiger partial charge in [0.05, 0.1) is 0 Å². The van der Waals surface area contributed by atoms with Gasteiger partial charge in [-0.3, -0.25) is 4.90 Å². The highest BCUT2D eigenvalue weighted by Gasteiger charge is 2.30. The summed E-state index contributed by atoms with van der Waals surface area (Å²) in [5, 5.41) is 0. The zero-order valence-electron chi connectivity index (χ0n) is 6.10. The summed E-state index contributed by atoms with van der Waals surface area (Å²) in [6, 6.07) is 1.24. The minimum absolute atomic E-state index is 0.200. The van der Waals surface area contributed by atoms with E-state index < -0.39 is 0 Å². The minimum atomic E-state index is -0.200. The van der Waals surface area contributed by atoms with Crippen molar-refractivity contribution in [2.75, 3.05) is 13.2 Å². The maximum absolute atomic E-state index is 11.8. The summed E-state index contributed by atoms with van der Waals surface area (Å²) in [6.07, 6.45) is 1.24. The van der Waals surface area contributed by atoms with Gasteiger partial charge < -0.3 is 0 Å². The van der Waals surface area contributed by atoms with Crippen LogP contribution in [0.2, 0.25) is 0 Å². The first kappa shape index (κ1) is 7.00. The van der Waals surface area contributed by atoms with Crippen molar-refractivity contribution in [3.05, 3.63) is 0 Å². The third-order valence-corrected chi connectivity index (χ3v) is 2.16. The lowest BCUT2D eigenvalue weighted by atomic mass is 9.96. The summed E-state index contributed by atoms with van der Waals surface area (Å²) >= 11 is 0. The fraction of sp³-hybridized carbons (Fsp3) is 1.00. The Kier molecular flexibility index (Phi) is 2.06. The molecule has 1 rings (SSSR count). The Morgan fingerprint density at radius 3 is 2.22 bits per heavy atom. The van der Waals surface area contributed by atoms with E-state index in [0.717, 1.165) is 0 Å². The molecule has 1 aliphatic rings. The van der Waals surface area contributed by atoms with Gasteiger partial charge in [0.1, 0.15) is 6.67 Å². The Morgan fingerprint density at radius 1 is 1.44 bits per heavy atom. The molecule has 0 amide bonds. The molecule has 9 heavy (non-hydrogen) atoms. The maximum atomic E-state index is 11.8. The predicted molar refractivity (Wildman–Crippen MR) is 36.2 cm³/mol. The summed E-state index contributed by atoms with van der Waals surface area (Å²) in [5.74, 6) is 0. The largest absolute Gasteiger partial charge is 0.295 e. The Labute approximate surface area is 55.8 Å². The van der Waals surface area contributed by atoms with E-state index >= 15 is 0 Å². The van der Waals surface area contributed by atoms with Crippen LogP contribution < -0.4 is 0 Å². The number of halogens is 1. The van der Waals surface area contributed by atoms with Crippen LogP contribution in [0, 0.1) is 0 Å². The number of nitrogens with zero attached hydrogens (tertiary/aromatic N) is 1. The third-order valence-electron chi connectivity index (χ3n) is 2.16. The Balaban J connectivity index is 2.22. The van der Waals surface area contributed by atoms with Crippen LogP contribution in [0.1, 0.15) is 20.3 Å². The van der Waals surface area contributed by atoms with Gasteiger partial charge in [0.2, 0.25) is 0 Å². The highest BCUT2D eigenvalue weighted by molar-refractivity contribution is 4.86. The van der Waals surface area contributed by atoms with Crippen molar-refractivity contribution < 1.29 is 4.39 Å². The highest BCUT2D eigenvalue weighted by Crippen LogP contribution is 2.23. The molecule has 1 aliphatic heterocycles. The first-order valence-electron chi connectivity index (χ1n) is 3.57. The van der Waals surface area contributed by atoms with Crippen molar-refractivity contribution in [3.63, 3.8) is 0 Å². The number of likely N-dealkylation sites (tertiary alicyclic amines) is 1. The molecule has 2 heteroatoms. The highest BCUT2D eigenvalue weighted by atomic mass is 19.1. The molecule has 0 aliphatic carbocycles. The van der Waals surface area contributed by atoms with Gasteiger partial charge in [-0.05, 0) is 20.3 Å². The van der Waals surface area contributed by atoms with Gasteiger partial charge in [0, 0.05) is 18.6 Å². The second kappa shape index (κ2) is 2.65. The molecule has 0 spiro atoms. The molecule has 0 radical (unpaired) electrons. The van der Waals surface area contributed by atoms with Gasteiger partial charge in [-0.25, -0.2) is 4.39 Å². The summed E-state index contributed by atoms with van der Waals surface area (Å²) < 4.78 is 11.8. The van der Waals surface area contributed by atoms with Gasteiger partial charge >= 0.3 is 0 Å². The average Bonchev–Trinajstić information content (AvgIpc) is 1.84. The van der Waals surface area contributed by atoms with E-state index in [1.807, 2.05) is 0 Å². The van der Waals surface area contributed by atoms with Gasteiger partial charge in [-0.1, -0.05) is 0 Å². The summed E-state index contributed by atoms with van der Waals surface area (Å²) in [5.41, 5.74) is 0. The summed E-state index contributed by atoms with van der Waals surface area (Å²) in [6.45, 7) is 4.72. The van der Waals surface area contributed by atoms with Gasteiger partial charge in [-0.15, -0.1) is 0 Å². The molecule has 1 fully saturated rings. The Morgan fingerprint density at radius 2 is 2.00 bits per heavy atom. The van der Waals surface area contributed by atoms with Gasteiger partial charge in [0.25, 0.3) is 0 Å². The summed E-state index contributed by atoms with van der Waals surface area (Å²) in [4.78, 5) is 2.19. The standard InChI is InChI=1S/C7H14FN/c1-6-5-7(2)9(6)4-3-8/h6-7H,3-5H2,1-2H3. The van der Waals surface area contributed by atoms with E-state index in [2.05, 4.69) is 18.7 Å². The van der Waals surface area contributed by atoms with Crippen LogP contribution in [0.3, 0.4) is 0 Å². The molecule has 0 aromatic rings. The Hall–Kier alpha value is -0.110. The molecular formula is C7H14FN. The van der Waals surface area contributed by atoms with Crippen molar-refractivity contribution >= 4 is 0 Å². The molecule has 1 heterocycles. The SMILES string of the molecule is CC1CC(C)N1CCF. The minimum Gasteiger partial charge on any atom is -0.295 e. The second-order valence-electron chi connectivity index (χ2n) is 2.86. The van der Waals surface area contributed by atoms with Crippen LogP contribution >= 0.6 is 0 Å². The fourth-order valence-electron chi connectivity index (χ4n) is 1.60.